The number of fused-ring (bicyclic) bond motifs is 1. The number of hydrogen-bond donors (Lipinski definition) is 2. The number of tetrazole rings is 1. The van der Waals surface area contributed by atoms with Gasteiger partial charge in [-0.05, 0) is 34.4 Å². The van der Waals surface area contributed by atoms with Gasteiger partial charge in [0, 0.05) is 18.7 Å². The van der Waals surface area contributed by atoms with Crippen LogP contribution in [0.4, 0.5) is 5.82 Å². The van der Waals surface area contributed by atoms with Gasteiger partial charge in [-0.25, -0.2) is 15.0 Å². The van der Waals surface area contributed by atoms with E-state index in [0.29, 0.717) is 35.9 Å². The minimum atomic E-state index is -0.956. The van der Waals surface area contributed by atoms with Gasteiger partial charge in [0.1, 0.15) is 18.4 Å². The molecule has 11 heteroatoms. The third kappa shape index (κ3) is 4.56. The van der Waals surface area contributed by atoms with Crippen LogP contribution in [-0.2, 0) is 17.9 Å². The van der Waals surface area contributed by atoms with E-state index in [1.807, 2.05) is 30.3 Å². The number of anilines is 1. The number of aliphatic carboxylic acids is 1. The maximum Gasteiger partial charge on any atom is 0.323 e. The summed E-state index contributed by atoms with van der Waals surface area (Å²) < 4.78 is 1.57. The lowest BCUT2D eigenvalue weighted by Crippen LogP contribution is -2.25. The second-order valence-electron chi connectivity index (χ2n) is 8.04. The lowest BCUT2D eigenvalue weighted by molar-refractivity contribution is -0.137. The summed E-state index contributed by atoms with van der Waals surface area (Å²) in [6.07, 6.45) is 3.82. The molecule has 3 aromatic heterocycles. The molecule has 0 aliphatic rings. The van der Waals surface area contributed by atoms with Crippen molar-refractivity contribution < 1.29 is 9.90 Å². The fourth-order valence-corrected chi connectivity index (χ4v) is 4.16. The molecule has 0 unspecified atom stereocenters. The highest BCUT2D eigenvalue weighted by Gasteiger charge is 2.19. The molecule has 0 saturated heterocycles. The van der Waals surface area contributed by atoms with Crippen molar-refractivity contribution in [1.82, 2.24) is 40.1 Å². The van der Waals surface area contributed by atoms with E-state index in [2.05, 4.69) is 65.6 Å². The maximum atomic E-state index is 11.4. The van der Waals surface area contributed by atoms with Crippen molar-refractivity contribution in [3.63, 3.8) is 0 Å². The molecule has 0 spiro atoms. The van der Waals surface area contributed by atoms with Gasteiger partial charge in [0.25, 0.3) is 0 Å². The van der Waals surface area contributed by atoms with Gasteiger partial charge in [-0.3, -0.25) is 4.79 Å². The average Bonchev–Trinajstić information content (AvgIpc) is 3.55. The summed E-state index contributed by atoms with van der Waals surface area (Å²) in [5.74, 6) is 0.197. The maximum absolute atomic E-state index is 11.4. The lowest BCUT2D eigenvalue weighted by atomic mass is 9.97. The van der Waals surface area contributed by atoms with Gasteiger partial charge < -0.3 is 14.6 Å². The van der Waals surface area contributed by atoms with Crippen molar-refractivity contribution in [3.05, 3.63) is 66.7 Å². The molecule has 11 nitrogen and oxygen atoms in total. The highest BCUT2D eigenvalue weighted by atomic mass is 16.4. The monoisotopic (exact) mass is 469 g/mol. The van der Waals surface area contributed by atoms with Crippen LogP contribution in [0.3, 0.4) is 0 Å². The van der Waals surface area contributed by atoms with Gasteiger partial charge in [-0.15, -0.1) is 10.2 Å². The topological polar surface area (TPSA) is 139 Å². The molecular formula is C24H23N9O2. The number of hydrogen-bond acceptors (Lipinski definition) is 8. The Morgan fingerprint density at radius 1 is 1.09 bits per heavy atom. The molecule has 5 rings (SSSR count). The number of carboxylic acid groups (broad SMARTS) is 1. The zero-order valence-corrected chi connectivity index (χ0v) is 19.0. The molecule has 0 atom stereocenters. The number of carbonyl (C=O) groups is 1. The normalized spacial score (nSPS) is 11.1. The third-order valence-electron chi connectivity index (χ3n) is 5.62. The van der Waals surface area contributed by atoms with Crippen molar-refractivity contribution in [1.29, 1.82) is 0 Å². The SMILES string of the molecule is CCCN(Cc1ccc(-c2ccccc2)c(-c2nn[nH]n2)c1)c1ncnc2ncn(CC(=O)O)c12. The molecule has 3 heterocycles. The molecule has 2 N–H and O–H groups in total. The molecule has 0 radical (unpaired) electrons. The molecule has 176 valence electrons. The number of aromatic amines is 1. The molecule has 0 fully saturated rings. The van der Waals surface area contributed by atoms with E-state index in [1.165, 1.54) is 12.7 Å². The second kappa shape index (κ2) is 9.67. The Morgan fingerprint density at radius 3 is 2.69 bits per heavy atom. The number of carboxylic acids is 1. The quantitative estimate of drug-likeness (QED) is 0.333. The zero-order chi connectivity index (χ0) is 24.2. The highest BCUT2D eigenvalue weighted by molar-refractivity contribution is 5.85. The minimum absolute atomic E-state index is 0.218. The molecule has 2 aromatic carbocycles. The van der Waals surface area contributed by atoms with Crippen LogP contribution < -0.4 is 4.90 Å². The van der Waals surface area contributed by atoms with Crippen molar-refractivity contribution in [3.8, 4) is 22.5 Å². The number of benzene rings is 2. The molecule has 5 aromatic rings. The van der Waals surface area contributed by atoms with Crippen LogP contribution in [0.1, 0.15) is 18.9 Å². The Labute approximate surface area is 200 Å². The van der Waals surface area contributed by atoms with Crippen LogP contribution in [-0.4, -0.2) is 57.8 Å². The fraction of sp³-hybridized carbons (Fsp3) is 0.208. The largest absolute Gasteiger partial charge is 0.480 e. The third-order valence-corrected chi connectivity index (χ3v) is 5.62. The summed E-state index contributed by atoms with van der Waals surface area (Å²) in [5.41, 5.74) is 5.00. The van der Waals surface area contributed by atoms with Crippen LogP contribution in [0.2, 0.25) is 0 Å². The number of H-pyrrole nitrogens is 1. The standard InChI is InChI=1S/C24H23N9O2/c1-2-10-32(24-21-23(25-14-26-24)27-15-33(21)13-20(34)35)12-16-8-9-18(17-6-4-3-5-7-17)19(11-16)22-28-30-31-29-22/h3-9,11,14-15H,2,10,12-13H2,1H3,(H,34,35)(H,28,29,30,31). The van der Waals surface area contributed by atoms with Gasteiger partial charge in [-0.2, -0.15) is 5.21 Å². The Kier molecular flexibility index (Phi) is 6.12. The van der Waals surface area contributed by atoms with Crippen LogP contribution in [0.15, 0.2) is 61.2 Å². The van der Waals surface area contributed by atoms with Gasteiger partial charge >= 0.3 is 5.97 Å². The van der Waals surface area contributed by atoms with Crippen molar-refractivity contribution in [2.45, 2.75) is 26.4 Å². The Bertz CT molecular complexity index is 1450. The summed E-state index contributed by atoms with van der Waals surface area (Å²) in [5, 5.41) is 24.0. The predicted octanol–water partition coefficient (Wildman–Crippen LogP) is 3.17. The average molecular weight is 470 g/mol. The first kappa shape index (κ1) is 22.1. The van der Waals surface area contributed by atoms with E-state index < -0.39 is 5.97 Å². The fourth-order valence-electron chi connectivity index (χ4n) is 4.16. The first-order valence-electron chi connectivity index (χ1n) is 11.2. The first-order chi connectivity index (χ1) is 17.1. The Balaban J connectivity index is 1.56. The van der Waals surface area contributed by atoms with Crippen LogP contribution in [0.25, 0.3) is 33.7 Å². The Morgan fingerprint density at radius 2 is 1.94 bits per heavy atom. The zero-order valence-electron chi connectivity index (χ0n) is 19.0. The van der Waals surface area contributed by atoms with Crippen molar-refractivity contribution >= 4 is 23.0 Å². The first-order valence-corrected chi connectivity index (χ1v) is 11.2. The predicted molar refractivity (Wildman–Crippen MR) is 129 cm³/mol. The Hall–Kier alpha value is -4.67. The smallest absolute Gasteiger partial charge is 0.323 e. The van der Waals surface area contributed by atoms with Crippen LogP contribution in [0, 0.1) is 0 Å². The van der Waals surface area contributed by atoms with E-state index in [4.69, 9.17) is 0 Å². The molecule has 0 amide bonds. The summed E-state index contributed by atoms with van der Waals surface area (Å²) in [6.45, 7) is 3.12. The molecule has 35 heavy (non-hydrogen) atoms. The van der Waals surface area contributed by atoms with Crippen LogP contribution >= 0.6 is 0 Å². The number of imidazole rings is 1. The van der Waals surface area contributed by atoms with E-state index >= 15 is 0 Å². The van der Waals surface area contributed by atoms with Gasteiger partial charge in [-0.1, -0.05) is 49.4 Å². The van der Waals surface area contributed by atoms with Gasteiger partial charge in [0.05, 0.1) is 6.33 Å². The highest BCUT2D eigenvalue weighted by Crippen LogP contribution is 2.32. The molecule has 0 saturated carbocycles. The number of nitrogens with one attached hydrogen (secondary N) is 1. The number of aromatic nitrogens is 8. The summed E-state index contributed by atoms with van der Waals surface area (Å²) >= 11 is 0. The second-order valence-corrected chi connectivity index (χ2v) is 8.04. The van der Waals surface area contributed by atoms with E-state index in [1.54, 1.807) is 4.57 Å². The van der Waals surface area contributed by atoms with E-state index in [9.17, 15) is 9.90 Å². The van der Waals surface area contributed by atoms with Crippen LogP contribution in [0.5, 0.6) is 0 Å². The summed E-state index contributed by atoms with van der Waals surface area (Å²) in [7, 11) is 0. The molecule has 0 aliphatic heterocycles. The van der Waals surface area contributed by atoms with Crippen molar-refractivity contribution in [2.24, 2.45) is 0 Å². The van der Waals surface area contributed by atoms with Gasteiger partial charge in [0.2, 0.25) is 5.82 Å². The molecule has 0 bridgehead atoms. The summed E-state index contributed by atoms with van der Waals surface area (Å²) in [6, 6.07) is 16.2. The minimum Gasteiger partial charge on any atom is -0.480 e. The lowest BCUT2D eigenvalue weighted by Gasteiger charge is -2.24. The number of nitrogens with zero attached hydrogens (tertiary/aromatic N) is 8. The van der Waals surface area contributed by atoms with E-state index in [-0.39, 0.29) is 6.54 Å². The van der Waals surface area contributed by atoms with Gasteiger partial charge in [0.15, 0.2) is 11.5 Å². The van der Waals surface area contributed by atoms with Crippen molar-refractivity contribution in [2.75, 3.05) is 11.4 Å². The summed E-state index contributed by atoms with van der Waals surface area (Å²) in [4.78, 5) is 26.5. The molecule has 0 aliphatic carbocycles. The van der Waals surface area contributed by atoms with E-state index in [0.717, 1.165) is 28.7 Å². The molecular weight excluding hydrogens is 446 g/mol. The number of rotatable bonds is 9.